The van der Waals surface area contributed by atoms with Crippen molar-refractivity contribution in [2.45, 2.75) is 207 Å². The summed E-state index contributed by atoms with van der Waals surface area (Å²) in [5.41, 5.74) is 0. The topological polar surface area (TPSA) is 8.81 Å². The maximum Gasteiger partial charge on any atom is 0.256 e. The van der Waals surface area contributed by atoms with Crippen LogP contribution in [0.4, 0.5) is 0 Å². The van der Waals surface area contributed by atoms with E-state index in [2.05, 4.69) is 42.3 Å². The molecule has 2 heteroatoms. The molecule has 0 atom stereocenters. The minimum absolute atomic E-state index is 1.23. The molecule has 0 aromatic carbocycles. The van der Waals surface area contributed by atoms with E-state index >= 15 is 0 Å². The molecule has 37 heavy (non-hydrogen) atoms. The van der Waals surface area contributed by atoms with Crippen LogP contribution in [0.25, 0.3) is 0 Å². The van der Waals surface area contributed by atoms with Crippen LogP contribution in [0.15, 0.2) is 12.4 Å². The zero-order valence-corrected chi connectivity index (χ0v) is 26.1. The maximum atomic E-state index is 2.62. The summed E-state index contributed by atoms with van der Waals surface area (Å²) in [4.78, 5) is 0. The molecule has 0 saturated carbocycles. The molecule has 0 radical (unpaired) electrons. The van der Waals surface area contributed by atoms with Gasteiger partial charge in [-0.25, -0.2) is 9.13 Å². The van der Waals surface area contributed by atoms with Crippen LogP contribution in [0.5, 0.6) is 0 Å². The van der Waals surface area contributed by atoms with Crippen molar-refractivity contribution in [3.63, 3.8) is 0 Å². The summed E-state index contributed by atoms with van der Waals surface area (Å²) in [5, 5.41) is 0. The molecule has 0 aliphatic heterocycles. The molecule has 218 valence electrons. The molecule has 0 saturated heterocycles. The van der Waals surface area contributed by atoms with Gasteiger partial charge in [0, 0.05) is 6.42 Å². The third-order valence-corrected chi connectivity index (χ3v) is 8.35. The fraction of sp³-hybridized carbons (Fsp3) is 0.914. The van der Waals surface area contributed by atoms with Crippen molar-refractivity contribution in [2.24, 2.45) is 0 Å². The summed E-state index contributed by atoms with van der Waals surface area (Å²) in [6, 6.07) is 0. The van der Waals surface area contributed by atoms with Gasteiger partial charge in [0.05, 0.1) is 13.1 Å². The normalized spacial score (nSPS) is 11.5. The van der Waals surface area contributed by atoms with Gasteiger partial charge in [-0.15, -0.1) is 0 Å². The lowest BCUT2D eigenvalue weighted by atomic mass is 10.1. The minimum Gasteiger partial charge on any atom is -0.234 e. The van der Waals surface area contributed by atoms with E-state index in [1.807, 2.05) is 0 Å². The monoisotopic (exact) mass is 518 g/mol. The first-order chi connectivity index (χ1) is 18.3. The number of aryl methyl sites for hydroxylation is 2. The summed E-state index contributed by atoms with van der Waals surface area (Å²) < 4.78 is 5.24. The number of imidazole rings is 1. The van der Waals surface area contributed by atoms with Crippen molar-refractivity contribution in [3.05, 3.63) is 18.2 Å². The van der Waals surface area contributed by atoms with E-state index in [-0.39, 0.29) is 0 Å². The molecular weight excluding hydrogens is 448 g/mol. The Bertz CT molecular complexity index is 536. The molecule has 0 fully saturated rings. The van der Waals surface area contributed by atoms with Crippen molar-refractivity contribution >= 4 is 0 Å². The van der Waals surface area contributed by atoms with Crippen LogP contribution in [-0.2, 0) is 19.5 Å². The van der Waals surface area contributed by atoms with Crippen molar-refractivity contribution in [2.75, 3.05) is 0 Å². The number of nitrogens with zero attached hydrogens (tertiary/aromatic N) is 2. The number of rotatable bonds is 29. The smallest absolute Gasteiger partial charge is 0.234 e. The van der Waals surface area contributed by atoms with E-state index in [0.29, 0.717) is 0 Å². The van der Waals surface area contributed by atoms with Crippen LogP contribution in [-0.4, -0.2) is 4.57 Å². The van der Waals surface area contributed by atoms with E-state index in [1.165, 1.54) is 186 Å². The molecule has 1 heterocycles. The number of aromatic nitrogens is 2. The highest BCUT2D eigenvalue weighted by Crippen LogP contribution is 2.14. The first kappa shape index (κ1) is 34.2. The van der Waals surface area contributed by atoms with Gasteiger partial charge in [-0.3, -0.25) is 0 Å². The molecule has 0 unspecified atom stereocenters. The Hall–Kier alpha value is -0.790. The number of unbranched alkanes of at least 4 members (excludes halogenated alkanes) is 23. The second-order valence-electron chi connectivity index (χ2n) is 12.0. The minimum atomic E-state index is 1.23. The largest absolute Gasteiger partial charge is 0.256 e. The predicted octanol–water partition coefficient (Wildman–Crippen LogP) is 11.5. The summed E-state index contributed by atoms with van der Waals surface area (Å²) in [6.45, 7) is 9.39. The van der Waals surface area contributed by atoms with Gasteiger partial charge in [0.1, 0.15) is 12.4 Å². The van der Waals surface area contributed by atoms with Gasteiger partial charge in [0.2, 0.25) is 0 Å². The summed E-state index contributed by atoms with van der Waals surface area (Å²) in [6.07, 6.45) is 42.9. The van der Waals surface area contributed by atoms with Gasteiger partial charge >= 0.3 is 0 Å². The third-order valence-electron chi connectivity index (χ3n) is 8.35. The molecular formula is C35H69N2+. The first-order valence-corrected chi connectivity index (χ1v) is 17.4. The van der Waals surface area contributed by atoms with Gasteiger partial charge < -0.3 is 0 Å². The van der Waals surface area contributed by atoms with Crippen molar-refractivity contribution in [1.82, 2.24) is 4.57 Å². The summed E-state index contributed by atoms with van der Waals surface area (Å²) in [5.74, 6) is 1.62. The quantitative estimate of drug-likeness (QED) is 0.0737. The van der Waals surface area contributed by atoms with Crippen LogP contribution in [0.1, 0.15) is 194 Å². The van der Waals surface area contributed by atoms with Crippen LogP contribution in [0.3, 0.4) is 0 Å². The molecule has 0 spiro atoms. The Morgan fingerprint density at radius 1 is 0.459 bits per heavy atom. The fourth-order valence-electron chi connectivity index (χ4n) is 5.80. The molecule has 0 N–H and O–H groups in total. The molecule has 0 bridgehead atoms. The second kappa shape index (κ2) is 26.8. The fourth-order valence-corrected chi connectivity index (χ4v) is 5.80. The maximum absolute atomic E-state index is 2.62. The van der Waals surface area contributed by atoms with Gasteiger partial charge in [0.25, 0.3) is 5.82 Å². The summed E-state index contributed by atoms with van der Waals surface area (Å²) >= 11 is 0. The molecule has 1 aromatic rings. The number of hydrogen-bond donors (Lipinski definition) is 0. The average Bonchev–Trinajstić information content (AvgIpc) is 3.29. The highest BCUT2D eigenvalue weighted by Gasteiger charge is 2.16. The molecule has 2 nitrogen and oxygen atoms in total. The van der Waals surface area contributed by atoms with E-state index in [1.54, 1.807) is 5.82 Å². The van der Waals surface area contributed by atoms with E-state index in [9.17, 15) is 0 Å². The zero-order valence-electron chi connectivity index (χ0n) is 26.1. The Morgan fingerprint density at radius 3 is 1.30 bits per heavy atom. The predicted molar refractivity (Wildman–Crippen MR) is 165 cm³/mol. The molecule has 0 aliphatic carbocycles. The van der Waals surface area contributed by atoms with Gasteiger partial charge in [-0.05, 0) is 32.1 Å². The lowest BCUT2D eigenvalue weighted by Crippen LogP contribution is -2.37. The van der Waals surface area contributed by atoms with Crippen LogP contribution in [0, 0.1) is 0 Å². The first-order valence-electron chi connectivity index (χ1n) is 17.4. The van der Waals surface area contributed by atoms with Crippen molar-refractivity contribution < 1.29 is 4.57 Å². The molecule has 1 rings (SSSR count). The van der Waals surface area contributed by atoms with Crippen molar-refractivity contribution in [3.8, 4) is 0 Å². The number of hydrogen-bond acceptors (Lipinski definition) is 0. The summed E-state index contributed by atoms with van der Waals surface area (Å²) in [7, 11) is 0. The Kier molecular flexibility index (Phi) is 24.8. The van der Waals surface area contributed by atoms with Gasteiger partial charge in [0.15, 0.2) is 0 Å². The van der Waals surface area contributed by atoms with Gasteiger partial charge in [-0.1, -0.05) is 156 Å². The second-order valence-corrected chi connectivity index (χ2v) is 12.0. The zero-order chi connectivity index (χ0) is 26.7. The molecule has 0 aliphatic rings. The van der Waals surface area contributed by atoms with E-state index in [0.717, 1.165) is 0 Å². The van der Waals surface area contributed by atoms with Crippen LogP contribution < -0.4 is 4.57 Å². The Morgan fingerprint density at radius 2 is 0.838 bits per heavy atom. The molecule has 1 aromatic heterocycles. The SMILES string of the molecule is CCCCCCCCCCCn1cc[n+](CCCCCCCCCCC)c1CCCCCCCCCC. The lowest BCUT2D eigenvalue weighted by molar-refractivity contribution is -0.704. The van der Waals surface area contributed by atoms with Gasteiger partial charge in [-0.2, -0.15) is 0 Å². The standard InChI is InChI=1S/C35H69N2/c1-4-7-10-13-16-19-22-25-28-31-36-33-34-37(32-29-26-23-20-17-14-11-8-5-2)35(36)30-27-24-21-18-15-12-9-6-3/h33-34H,4-32H2,1-3H3/q+1. The Labute approximate surface area is 234 Å². The van der Waals surface area contributed by atoms with Crippen LogP contribution >= 0.6 is 0 Å². The van der Waals surface area contributed by atoms with Crippen LogP contribution in [0.2, 0.25) is 0 Å². The molecule has 0 amide bonds. The van der Waals surface area contributed by atoms with E-state index in [4.69, 9.17) is 0 Å². The van der Waals surface area contributed by atoms with E-state index < -0.39 is 0 Å². The Balaban J connectivity index is 2.35. The average molecular weight is 518 g/mol. The lowest BCUT2D eigenvalue weighted by Gasteiger charge is -2.07. The highest BCUT2D eigenvalue weighted by atomic mass is 15.1. The highest BCUT2D eigenvalue weighted by molar-refractivity contribution is 4.84. The van der Waals surface area contributed by atoms with Crippen molar-refractivity contribution in [1.29, 1.82) is 0 Å². The third kappa shape index (κ3) is 19.9.